The largest absolute Gasteiger partial charge is 0.349 e. The van der Waals surface area contributed by atoms with E-state index in [2.05, 4.69) is 179 Å². The fraction of sp³-hybridized carbons (Fsp3) is 0.408. The predicted molar refractivity (Wildman–Crippen MR) is 240 cm³/mol. The van der Waals surface area contributed by atoms with Crippen LogP contribution in [0.1, 0.15) is 109 Å². The van der Waals surface area contributed by atoms with Gasteiger partial charge in [-0.05, 0) is 127 Å². The molecule has 0 heterocycles. The average Bonchev–Trinajstić information content (AvgIpc) is 3.13. The van der Waals surface area contributed by atoms with Crippen molar-refractivity contribution in [3.63, 3.8) is 0 Å². The molecule has 1 unspecified atom stereocenters. The number of nitrogens with zero attached hydrogens (tertiary/aromatic N) is 2. The molecule has 0 fully saturated rings. The lowest BCUT2D eigenvalue weighted by molar-refractivity contribution is 0.305. The van der Waals surface area contributed by atoms with Crippen molar-refractivity contribution in [1.29, 1.82) is 0 Å². The van der Waals surface area contributed by atoms with Gasteiger partial charge in [0.15, 0.2) is 0 Å². The van der Waals surface area contributed by atoms with Gasteiger partial charge in [-0.3, -0.25) is 4.99 Å². The van der Waals surface area contributed by atoms with E-state index in [-0.39, 0.29) is 11.5 Å². The Hall–Kier alpha value is -3.82. The van der Waals surface area contributed by atoms with E-state index in [0.717, 1.165) is 47.3 Å². The molecule has 0 N–H and O–H groups in total. The number of aliphatic imine (C=N–C) groups is 1. The molecule has 0 spiro atoms. The molecule has 282 valence electrons. The van der Waals surface area contributed by atoms with Crippen LogP contribution < -0.4 is 0 Å². The molecule has 1 rings (SSSR count). The number of allylic oxidation sites excluding steroid dienone is 24. The maximum absolute atomic E-state index is 4.99. The van der Waals surface area contributed by atoms with E-state index in [1.54, 1.807) is 11.8 Å². The van der Waals surface area contributed by atoms with Crippen molar-refractivity contribution in [2.24, 2.45) is 10.4 Å². The molecule has 0 amide bonds. The summed E-state index contributed by atoms with van der Waals surface area (Å²) in [4.78, 5) is 8.54. The van der Waals surface area contributed by atoms with Crippen LogP contribution in [0, 0.1) is 5.41 Å². The van der Waals surface area contributed by atoms with E-state index in [9.17, 15) is 0 Å². The van der Waals surface area contributed by atoms with Gasteiger partial charge in [0.05, 0.1) is 0 Å². The van der Waals surface area contributed by atoms with Crippen LogP contribution in [0.3, 0.4) is 0 Å². The summed E-state index contributed by atoms with van der Waals surface area (Å²) in [5.41, 5.74) is 12.4. The second-order valence-corrected chi connectivity index (χ2v) is 14.8. The monoisotopic (exact) mass is 719 g/mol. The molecule has 1 aliphatic rings. The van der Waals surface area contributed by atoms with Crippen LogP contribution in [-0.2, 0) is 0 Å². The first-order valence-electron chi connectivity index (χ1n) is 19.0. The zero-order chi connectivity index (χ0) is 39.3. The van der Waals surface area contributed by atoms with Crippen molar-refractivity contribution in [3.05, 3.63) is 165 Å². The fourth-order valence-corrected chi connectivity index (χ4v) is 6.36. The van der Waals surface area contributed by atoms with Crippen LogP contribution in [0.15, 0.2) is 170 Å². The van der Waals surface area contributed by atoms with Gasteiger partial charge < -0.3 is 4.90 Å². The third kappa shape index (κ3) is 14.7. The molecule has 0 saturated carbocycles. The highest BCUT2D eigenvalue weighted by atomic mass is 32.2. The Kier molecular flexibility index (Phi) is 21.7. The first-order chi connectivity index (χ1) is 24.7. The molecule has 0 aromatic rings. The van der Waals surface area contributed by atoms with Gasteiger partial charge in [-0.15, -0.1) is 11.8 Å². The first kappa shape index (κ1) is 46.2. The summed E-state index contributed by atoms with van der Waals surface area (Å²) >= 11 is 1.70. The highest BCUT2D eigenvalue weighted by molar-refractivity contribution is 8.02. The van der Waals surface area contributed by atoms with Gasteiger partial charge in [0.2, 0.25) is 0 Å². The van der Waals surface area contributed by atoms with Crippen LogP contribution >= 0.6 is 11.8 Å². The van der Waals surface area contributed by atoms with Gasteiger partial charge in [0.1, 0.15) is 6.67 Å². The predicted octanol–water partition coefficient (Wildman–Crippen LogP) is 14.9. The standard InChI is InChI=1S/C49H70N2S/c1-16-21-23-24-26-42(11)51(36-50-35-39(8)47(27-22-17-2)43(12)48(20-5)52-15)46-32-30-44(31-33-46)45(29-28-38(7)37(6)25-18-3)34-41(10)49(13,14)40(9)19-4/h17,19-30,32,34-35,42H,5,8,16,18,31,33,36H2,1-4,6-7,9-15H3/b22-17-,23-21-,26-24-,37-25+,38-28+,40-19+,41-34+,45-29+,47-27+,48-43-,50-35?. The van der Waals surface area contributed by atoms with Gasteiger partial charge in [-0.2, -0.15) is 0 Å². The second-order valence-electron chi connectivity index (χ2n) is 14.0. The molecule has 0 aromatic heterocycles. The minimum atomic E-state index is -0.0213. The topological polar surface area (TPSA) is 15.6 Å². The van der Waals surface area contributed by atoms with Gasteiger partial charge in [-0.1, -0.05) is 143 Å². The van der Waals surface area contributed by atoms with Gasteiger partial charge >= 0.3 is 0 Å². The fourth-order valence-electron chi connectivity index (χ4n) is 5.77. The molecule has 3 heteroatoms. The summed E-state index contributed by atoms with van der Waals surface area (Å²) in [7, 11) is 0. The van der Waals surface area contributed by atoms with E-state index in [4.69, 9.17) is 4.99 Å². The molecule has 1 atom stereocenters. The quantitative estimate of drug-likeness (QED) is 0.0707. The van der Waals surface area contributed by atoms with Gasteiger partial charge in [-0.25, -0.2) is 0 Å². The molecule has 0 aromatic carbocycles. The Morgan fingerprint density at radius 2 is 1.65 bits per heavy atom. The lowest BCUT2D eigenvalue weighted by atomic mass is 9.77. The normalized spacial score (nSPS) is 17.3. The number of hydrogen-bond donors (Lipinski definition) is 0. The zero-order valence-electron chi connectivity index (χ0n) is 35.1. The van der Waals surface area contributed by atoms with Gasteiger partial charge in [0.25, 0.3) is 0 Å². The Morgan fingerprint density at radius 1 is 0.942 bits per heavy atom. The minimum Gasteiger partial charge on any atom is -0.349 e. The van der Waals surface area contributed by atoms with E-state index in [1.807, 2.05) is 25.3 Å². The van der Waals surface area contributed by atoms with E-state index in [0.29, 0.717) is 6.67 Å². The number of hydrogen-bond acceptors (Lipinski definition) is 3. The van der Waals surface area contributed by atoms with Crippen molar-refractivity contribution >= 4 is 18.0 Å². The minimum absolute atomic E-state index is 0.0213. The summed E-state index contributed by atoms with van der Waals surface area (Å²) < 4.78 is 0. The molecular formula is C49H70N2S. The van der Waals surface area contributed by atoms with Crippen molar-refractivity contribution in [3.8, 4) is 0 Å². The summed E-state index contributed by atoms with van der Waals surface area (Å²) in [6, 6.07) is 0.164. The number of thioether (sulfide) groups is 1. The van der Waals surface area contributed by atoms with Crippen LogP contribution in [0.4, 0.5) is 0 Å². The molecule has 52 heavy (non-hydrogen) atoms. The lowest BCUT2D eigenvalue weighted by Crippen LogP contribution is -2.32. The molecule has 0 saturated heterocycles. The second kappa shape index (κ2) is 24.4. The molecule has 0 bridgehead atoms. The SMILES string of the molecule is C=C/C(SC)=C(C)/C(=C/C=C\C)C(=C)C=NCN(C1=CC=C(C(=C/C=C(C)/C(C)=C/CC)/C=C(\C)C(C)(C)/C(C)=C/C)CC1)C(C)/C=C\C=C/CC. The summed E-state index contributed by atoms with van der Waals surface area (Å²) in [5.74, 6) is 0. The van der Waals surface area contributed by atoms with Gasteiger partial charge in [0, 0.05) is 28.3 Å². The summed E-state index contributed by atoms with van der Waals surface area (Å²) in [6.07, 6.45) is 41.0. The summed E-state index contributed by atoms with van der Waals surface area (Å²) in [6.45, 7) is 35.4. The molecule has 1 aliphatic carbocycles. The Labute approximate surface area is 324 Å². The Bertz CT molecular complexity index is 1630. The molecular weight excluding hydrogens is 649 g/mol. The van der Waals surface area contributed by atoms with E-state index >= 15 is 0 Å². The highest BCUT2D eigenvalue weighted by Gasteiger charge is 2.23. The third-order valence-corrected chi connectivity index (χ3v) is 11.0. The summed E-state index contributed by atoms with van der Waals surface area (Å²) in [5, 5.41) is 0. The van der Waals surface area contributed by atoms with Crippen LogP contribution in [0.2, 0.25) is 0 Å². The van der Waals surface area contributed by atoms with Crippen LogP contribution in [0.5, 0.6) is 0 Å². The Morgan fingerprint density at radius 3 is 2.21 bits per heavy atom. The molecule has 0 radical (unpaired) electrons. The van der Waals surface area contributed by atoms with E-state index in [1.165, 1.54) is 39.1 Å². The van der Waals surface area contributed by atoms with Crippen LogP contribution in [0.25, 0.3) is 0 Å². The van der Waals surface area contributed by atoms with Crippen molar-refractivity contribution < 1.29 is 0 Å². The first-order valence-corrected chi connectivity index (χ1v) is 20.2. The Balaban J connectivity index is 3.73. The van der Waals surface area contributed by atoms with E-state index < -0.39 is 0 Å². The maximum Gasteiger partial charge on any atom is 0.110 e. The maximum atomic E-state index is 4.99. The van der Waals surface area contributed by atoms with Crippen molar-refractivity contribution in [2.45, 2.75) is 115 Å². The average molecular weight is 719 g/mol. The lowest BCUT2D eigenvalue weighted by Gasteiger charge is -2.32. The molecule has 0 aliphatic heterocycles. The van der Waals surface area contributed by atoms with Crippen molar-refractivity contribution in [1.82, 2.24) is 4.90 Å². The number of rotatable bonds is 20. The smallest absolute Gasteiger partial charge is 0.110 e. The zero-order valence-corrected chi connectivity index (χ0v) is 35.9. The van der Waals surface area contributed by atoms with Crippen molar-refractivity contribution in [2.75, 3.05) is 12.9 Å². The molecule has 2 nitrogen and oxygen atoms in total. The third-order valence-electron chi connectivity index (χ3n) is 10.1. The highest BCUT2D eigenvalue weighted by Crippen LogP contribution is 2.37. The van der Waals surface area contributed by atoms with Crippen LogP contribution in [-0.4, -0.2) is 30.1 Å².